The molecule has 0 radical (unpaired) electrons. The highest BCUT2D eigenvalue weighted by Gasteiger charge is 2.35. The molecule has 0 bridgehead atoms. The first kappa shape index (κ1) is 27.1. The summed E-state index contributed by atoms with van der Waals surface area (Å²) < 4.78 is 5.65. The van der Waals surface area contributed by atoms with Crippen LogP contribution >= 0.6 is 23.4 Å². The number of carbonyl (C=O) groups is 2. The fourth-order valence-electron chi connectivity index (χ4n) is 4.12. The number of aryl methyl sites for hydroxylation is 1. The maximum atomic E-state index is 13.4. The summed E-state index contributed by atoms with van der Waals surface area (Å²) in [6.45, 7) is 3.80. The van der Waals surface area contributed by atoms with Crippen molar-refractivity contribution < 1.29 is 14.3 Å². The lowest BCUT2D eigenvalue weighted by Crippen LogP contribution is -2.29. The molecule has 0 fully saturated rings. The second kappa shape index (κ2) is 12.5. The van der Waals surface area contributed by atoms with E-state index in [1.165, 1.54) is 11.8 Å². The summed E-state index contributed by atoms with van der Waals surface area (Å²) in [7, 11) is 0. The first-order valence-electron chi connectivity index (χ1n) is 11.9. The summed E-state index contributed by atoms with van der Waals surface area (Å²) >= 11 is 7.33. The standard InChI is InChI=1S/C30H26ClN3O3S/c1-19-8-6-7-11-25(19)34-26(35)18-38-29-24(16-32)28(22-12-14-23(31)15-13-22)27(20(2)33-29)30(36)37-17-21-9-4-3-5-10-21/h3-15,28,33H,17-18H2,1-2H3,(H,34,35)/t28-/m1/s1. The predicted octanol–water partition coefficient (Wildman–Crippen LogP) is 6.46. The van der Waals surface area contributed by atoms with Gasteiger partial charge in [-0.1, -0.05) is 84.0 Å². The first-order valence-corrected chi connectivity index (χ1v) is 13.3. The normalized spacial score (nSPS) is 14.9. The number of nitrogens with one attached hydrogen (secondary N) is 2. The van der Waals surface area contributed by atoms with Crippen LogP contribution in [0.5, 0.6) is 0 Å². The van der Waals surface area contributed by atoms with Crippen LogP contribution in [0.25, 0.3) is 0 Å². The summed E-state index contributed by atoms with van der Waals surface area (Å²) in [5.41, 5.74) is 4.51. The maximum absolute atomic E-state index is 13.4. The monoisotopic (exact) mass is 543 g/mol. The minimum absolute atomic E-state index is 0.0796. The number of allylic oxidation sites excluding steroid dienone is 2. The number of esters is 1. The topological polar surface area (TPSA) is 91.2 Å². The Morgan fingerprint density at radius 2 is 1.71 bits per heavy atom. The van der Waals surface area contributed by atoms with Gasteiger partial charge in [0.15, 0.2) is 0 Å². The molecule has 3 aromatic rings. The van der Waals surface area contributed by atoms with Crippen LogP contribution < -0.4 is 10.6 Å². The van der Waals surface area contributed by atoms with Gasteiger partial charge < -0.3 is 15.4 Å². The molecular weight excluding hydrogens is 518 g/mol. The van der Waals surface area contributed by atoms with Crippen molar-refractivity contribution >= 4 is 40.9 Å². The van der Waals surface area contributed by atoms with Gasteiger partial charge in [0.25, 0.3) is 0 Å². The molecule has 4 rings (SSSR count). The highest BCUT2D eigenvalue weighted by Crippen LogP contribution is 2.41. The van der Waals surface area contributed by atoms with Gasteiger partial charge in [-0.2, -0.15) is 5.26 Å². The molecule has 1 amide bonds. The minimum atomic E-state index is -0.677. The van der Waals surface area contributed by atoms with E-state index in [2.05, 4.69) is 16.7 Å². The van der Waals surface area contributed by atoms with E-state index < -0.39 is 11.9 Å². The highest BCUT2D eigenvalue weighted by molar-refractivity contribution is 8.03. The second-order valence-corrected chi connectivity index (χ2v) is 10.1. The number of para-hydroxylation sites is 1. The molecule has 2 N–H and O–H groups in total. The van der Waals surface area contributed by atoms with E-state index in [-0.39, 0.29) is 18.3 Å². The van der Waals surface area contributed by atoms with Crippen LogP contribution in [0, 0.1) is 18.3 Å². The molecule has 0 aliphatic carbocycles. The van der Waals surface area contributed by atoms with Crippen molar-refractivity contribution in [1.82, 2.24) is 5.32 Å². The number of benzene rings is 3. The van der Waals surface area contributed by atoms with Gasteiger partial charge >= 0.3 is 5.97 Å². The zero-order valence-electron chi connectivity index (χ0n) is 21.0. The first-order chi connectivity index (χ1) is 18.4. The molecule has 0 saturated heterocycles. The Morgan fingerprint density at radius 1 is 1.03 bits per heavy atom. The molecule has 8 heteroatoms. The molecule has 0 unspecified atom stereocenters. The number of halogens is 1. The lowest BCUT2D eigenvalue weighted by molar-refractivity contribution is -0.140. The van der Waals surface area contributed by atoms with Gasteiger partial charge in [0.2, 0.25) is 5.91 Å². The quantitative estimate of drug-likeness (QED) is 0.317. The van der Waals surface area contributed by atoms with Crippen molar-refractivity contribution in [3.05, 3.63) is 122 Å². The van der Waals surface area contributed by atoms with Crippen LogP contribution in [0.15, 0.2) is 101 Å². The van der Waals surface area contributed by atoms with Crippen molar-refractivity contribution in [2.24, 2.45) is 0 Å². The Balaban J connectivity index is 1.59. The number of nitrogens with zero attached hydrogens (tertiary/aromatic N) is 1. The van der Waals surface area contributed by atoms with Crippen molar-refractivity contribution in [2.45, 2.75) is 26.4 Å². The molecule has 0 saturated carbocycles. The number of ether oxygens (including phenoxy) is 1. The Labute approximate surface area is 231 Å². The van der Waals surface area contributed by atoms with Gasteiger partial charge in [0.1, 0.15) is 6.61 Å². The van der Waals surface area contributed by atoms with Crippen LogP contribution in [0.2, 0.25) is 5.02 Å². The van der Waals surface area contributed by atoms with Crippen molar-refractivity contribution in [3.63, 3.8) is 0 Å². The third-order valence-electron chi connectivity index (χ3n) is 6.05. The molecule has 0 spiro atoms. The van der Waals surface area contributed by atoms with Crippen molar-refractivity contribution in [1.29, 1.82) is 5.26 Å². The number of dihydropyridines is 1. The molecular formula is C30H26ClN3O3S. The highest BCUT2D eigenvalue weighted by atomic mass is 35.5. The van der Waals surface area contributed by atoms with Gasteiger partial charge in [0.05, 0.1) is 33.9 Å². The fraction of sp³-hybridized carbons (Fsp3) is 0.167. The smallest absolute Gasteiger partial charge is 0.337 e. The van der Waals surface area contributed by atoms with Gasteiger partial charge in [-0.25, -0.2) is 4.79 Å². The van der Waals surface area contributed by atoms with Crippen molar-refractivity contribution in [2.75, 3.05) is 11.1 Å². The summed E-state index contributed by atoms with van der Waals surface area (Å²) in [4.78, 5) is 26.1. The van der Waals surface area contributed by atoms with E-state index in [4.69, 9.17) is 16.3 Å². The number of hydrogen-bond acceptors (Lipinski definition) is 6. The number of amides is 1. The molecule has 192 valence electrons. The van der Waals surface area contributed by atoms with Crippen LogP contribution in [0.4, 0.5) is 5.69 Å². The summed E-state index contributed by atoms with van der Waals surface area (Å²) in [5.74, 6) is -1.32. The molecule has 38 heavy (non-hydrogen) atoms. The molecule has 6 nitrogen and oxygen atoms in total. The van der Waals surface area contributed by atoms with Crippen LogP contribution in [0.3, 0.4) is 0 Å². The lowest BCUT2D eigenvalue weighted by atomic mass is 9.82. The average Bonchev–Trinajstić information content (AvgIpc) is 2.92. The maximum Gasteiger partial charge on any atom is 0.337 e. The Kier molecular flexibility index (Phi) is 8.90. The van der Waals surface area contributed by atoms with Gasteiger partial charge in [-0.15, -0.1) is 0 Å². The van der Waals surface area contributed by atoms with E-state index in [9.17, 15) is 14.9 Å². The minimum Gasteiger partial charge on any atom is -0.457 e. The van der Waals surface area contributed by atoms with Gasteiger partial charge in [0, 0.05) is 16.4 Å². The molecule has 1 atom stereocenters. The predicted molar refractivity (Wildman–Crippen MR) is 151 cm³/mol. The molecule has 1 aliphatic heterocycles. The Hall–Kier alpha value is -3.99. The summed E-state index contributed by atoms with van der Waals surface area (Å²) in [6.07, 6.45) is 0. The fourth-order valence-corrected chi connectivity index (χ4v) is 5.14. The number of hydrogen-bond donors (Lipinski definition) is 2. The summed E-state index contributed by atoms with van der Waals surface area (Å²) in [6, 6.07) is 26.2. The second-order valence-electron chi connectivity index (χ2n) is 8.72. The molecule has 0 aromatic heterocycles. The van der Waals surface area contributed by atoms with Crippen LogP contribution in [-0.4, -0.2) is 17.6 Å². The van der Waals surface area contributed by atoms with E-state index in [1.54, 1.807) is 31.2 Å². The van der Waals surface area contributed by atoms with Crippen LogP contribution in [-0.2, 0) is 20.9 Å². The Bertz CT molecular complexity index is 1440. The molecule has 3 aromatic carbocycles. The lowest BCUT2D eigenvalue weighted by Gasteiger charge is -2.29. The van der Waals surface area contributed by atoms with E-state index >= 15 is 0 Å². The van der Waals surface area contributed by atoms with Gasteiger partial charge in [-0.3, -0.25) is 4.79 Å². The summed E-state index contributed by atoms with van der Waals surface area (Å²) in [5, 5.41) is 17.4. The van der Waals surface area contributed by atoms with E-state index in [0.717, 1.165) is 22.4 Å². The van der Waals surface area contributed by atoms with E-state index in [0.29, 0.717) is 26.9 Å². The van der Waals surface area contributed by atoms with Crippen molar-refractivity contribution in [3.8, 4) is 6.07 Å². The largest absolute Gasteiger partial charge is 0.457 e. The number of nitriles is 1. The van der Waals surface area contributed by atoms with E-state index in [1.807, 2.05) is 61.5 Å². The number of thioether (sulfide) groups is 1. The number of anilines is 1. The van der Waals surface area contributed by atoms with Gasteiger partial charge in [-0.05, 0) is 48.7 Å². The third-order valence-corrected chi connectivity index (χ3v) is 7.32. The third kappa shape index (κ3) is 6.46. The number of rotatable bonds is 8. The zero-order chi connectivity index (χ0) is 27.1. The number of carbonyl (C=O) groups excluding carboxylic acids is 2. The Morgan fingerprint density at radius 3 is 2.39 bits per heavy atom. The molecule has 1 heterocycles. The van der Waals surface area contributed by atoms with Crippen LogP contribution in [0.1, 0.15) is 29.5 Å². The SMILES string of the molecule is CC1=C(C(=O)OCc2ccccc2)[C@H](c2ccc(Cl)cc2)C(C#N)=C(SCC(=O)Nc2ccccc2C)N1. The zero-order valence-corrected chi connectivity index (χ0v) is 22.5. The average molecular weight is 544 g/mol. The molecule has 1 aliphatic rings.